The third-order valence-corrected chi connectivity index (χ3v) is 2.97. The van der Waals surface area contributed by atoms with Crippen LogP contribution < -0.4 is 5.32 Å². The molecule has 4 heteroatoms. The lowest BCUT2D eigenvalue weighted by Gasteiger charge is -2.21. The number of hydrogen-bond acceptors (Lipinski definition) is 3. The number of nitrogens with one attached hydrogen (secondary N) is 1. The molecule has 1 fully saturated rings. The van der Waals surface area contributed by atoms with Gasteiger partial charge in [0.15, 0.2) is 0 Å². The van der Waals surface area contributed by atoms with E-state index in [4.69, 9.17) is 0 Å². The van der Waals surface area contributed by atoms with Crippen LogP contribution in [0.25, 0.3) is 0 Å². The Morgan fingerprint density at radius 3 is 3.00 bits per heavy atom. The van der Waals surface area contributed by atoms with Crippen LogP contribution in [0.5, 0.6) is 0 Å². The lowest BCUT2D eigenvalue weighted by Crippen LogP contribution is -2.30. The predicted molar refractivity (Wildman–Crippen MR) is 58.6 cm³/mol. The molecular formula is C11H19N3O. The van der Waals surface area contributed by atoms with E-state index in [1.807, 2.05) is 10.7 Å². The molecule has 0 spiro atoms. The average molecular weight is 209 g/mol. The maximum Gasteiger partial charge on any atom is 0.111 e. The minimum Gasteiger partial charge on any atom is -0.385 e. The summed E-state index contributed by atoms with van der Waals surface area (Å²) in [4.78, 5) is 0. The van der Waals surface area contributed by atoms with Crippen molar-refractivity contribution < 1.29 is 5.11 Å². The molecule has 84 valence electrons. The van der Waals surface area contributed by atoms with E-state index in [-0.39, 0.29) is 6.04 Å². The zero-order valence-corrected chi connectivity index (χ0v) is 9.35. The Hall–Kier alpha value is -0.870. The van der Waals surface area contributed by atoms with Crippen LogP contribution >= 0.6 is 0 Å². The second-order valence-electron chi connectivity index (χ2n) is 4.44. The third-order valence-electron chi connectivity index (χ3n) is 2.97. The maximum atomic E-state index is 10.2. The van der Waals surface area contributed by atoms with Crippen molar-refractivity contribution in [2.75, 3.05) is 6.54 Å². The van der Waals surface area contributed by atoms with E-state index < -0.39 is 6.10 Å². The van der Waals surface area contributed by atoms with Crippen molar-refractivity contribution in [3.8, 4) is 0 Å². The molecule has 1 aliphatic heterocycles. The first-order valence-electron chi connectivity index (χ1n) is 5.65. The highest BCUT2D eigenvalue weighted by molar-refractivity contribution is 5.09. The first kappa shape index (κ1) is 10.6. The van der Waals surface area contributed by atoms with Crippen LogP contribution in [0.4, 0.5) is 0 Å². The van der Waals surface area contributed by atoms with Crippen LogP contribution in [0.1, 0.15) is 44.5 Å². The number of rotatable bonds is 3. The van der Waals surface area contributed by atoms with E-state index >= 15 is 0 Å². The van der Waals surface area contributed by atoms with E-state index in [9.17, 15) is 5.11 Å². The number of aliphatic hydroxyl groups excluding tert-OH is 1. The molecule has 1 aliphatic rings. The van der Waals surface area contributed by atoms with Gasteiger partial charge in [0, 0.05) is 18.3 Å². The van der Waals surface area contributed by atoms with Crippen molar-refractivity contribution in [3.05, 3.63) is 18.0 Å². The van der Waals surface area contributed by atoms with Gasteiger partial charge in [0.2, 0.25) is 0 Å². The van der Waals surface area contributed by atoms with Crippen LogP contribution in [0, 0.1) is 0 Å². The first-order valence-corrected chi connectivity index (χ1v) is 5.65. The number of nitrogens with zero attached hydrogens (tertiary/aromatic N) is 2. The van der Waals surface area contributed by atoms with Crippen molar-refractivity contribution in [2.45, 2.75) is 44.9 Å². The van der Waals surface area contributed by atoms with Crippen molar-refractivity contribution >= 4 is 0 Å². The van der Waals surface area contributed by atoms with Crippen molar-refractivity contribution in [1.82, 2.24) is 15.1 Å². The second kappa shape index (κ2) is 4.33. The van der Waals surface area contributed by atoms with E-state index in [1.165, 1.54) is 0 Å². The lowest BCUT2D eigenvalue weighted by atomic mass is 10.1. The van der Waals surface area contributed by atoms with Crippen LogP contribution in [-0.4, -0.2) is 27.5 Å². The minimum atomic E-state index is -0.433. The van der Waals surface area contributed by atoms with Gasteiger partial charge in [0.1, 0.15) is 6.10 Å². The molecule has 2 N–H and O–H groups in total. The normalized spacial score (nSPS) is 23.6. The molecule has 1 aromatic heterocycles. The number of aromatic nitrogens is 2. The molecule has 0 aromatic carbocycles. The van der Waals surface area contributed by atoms with E-state index in [0.29, 0.717) is 6.04 Å². The van der Waals surface area contributed by atoms with Gasteiger partial charge in [-0.2, -0.15) is 5.10 Å². The Labute approximate surface area is 90.3 Å². The number of hydrogen-bond donors (Lipinski definition) is 2. The number of aliphatic hydroxyl groups is 1. The quantitative estimate of drug-likeness (QED) is 0.787. The molecule has 0 aliphatic carbocycles. The Kier molecular flexibility index (Phi) is 3.07. The highest BCUT2D eigenvalue weighted by atomic mass is 16.3. The van der Waals surface area contributed by atoms with Crippen LogP contribution in [-0.2, 0) is 0 Å². The summed E-state index contributed by atoms with van der Waals surface area (Å²) >= 11 is 0. The van der Waals surface area contributed by atoms with Crippen molar-refractivity contribution in [2.24, 2.45) is 0 Å². The van der Waals surface area contributed by atoms with Gasteiger partial charge in [-0.15, -0.1) is 0 Å². The summed E-state index contributed by atoms with van der Waals surface area (Å²) in [6, 6.07) is 2.40. The maximum absolute atomic E-state index is 10.2. The molecule has 0 bridgehead atoms. The van der Waals surface area contributed by atoms with Crippen molar-refractivity contribution in [3.63, 3.8) is 0 Å². The van der Waals surface area contributed by atoms with E-state index in [0.717, 1.165) is 25.1 Å². The molecule has 4 nitrogen and oxygen atoms in total. The summed E-state index contributed by atoms with van der Waals surface area (Å²) in [6.07, 6.45) is 3.52. The topological polar surface area (TPSA) is 50.1 Å². The van der Waals surface area contributed by atoms with Crippen LogP contribution in [0.15, 0.2) is 12.3 Å². The highest BCUT2D eigenvalue weighted by Gasteiger charge is 2.26. The molecule has 15 heavy (non-hydrogen) atoms. The van der Waals surface area contributed by atoms with Gasteiger partial charge in [-0.25, -0.2) is 0 Å². The monoisotopic (exact) mass is 209 g/mol. The molecule has 2 unspecified atom stereocenters. The molecule has 1 saturated heterocycles. The molecule has 2 rings (SSSR count). The molecule has 0 amide bonds. The molecule has 1 aromatic rings. The molecule has 0 radical (unpaired) electrons. The summed E-state index contributed by atoms with van der Waals surface area (Å²) in [5.74, 6) is 0. The van der Waals surface area contributed by atoms with Gasteiger partial charge in [-0.3, -0.25) is 4.68 Å². The van der Waals surface area contributed by atoms with Gasteiger partial charge >= 0.3 is 0 Å². The minimum absolute atomic E-state index is 0.194. The summed E-state index contributed by atoms with van der Waals surface area (Å²) in [5.41, 5.74) is 0.921. The molecule has 0 saturated carbocycles. The zero-order chi connectivity index (χ0) is 10.8. The third kappa shape index (κ3) is 2.06. The fourth-order valence-electron chi connectivity index (χ4n) is 2.18. The Morgan fingerprint density at radius 2 is 2.40 bits per heavy atom. The van der Waals surface area contributed by atoms with E-state index in [2.05, 4.69) is 24.3 Å². The van der Waals surface area contributed by atoms with Crippen molar-refractivity contribution in [1.29, 1.82) is 0 Å². The lowest BCUT2D eigenvalue weighted by molar-refractivity contribution is 0.126. The summed E-state index contributed by atoms with van der Waals surface area (Å²) in [6.45, 7) is 5.16. The first-order chi connectivity index (χ1) is 7.20. The summed E-state index contributed by atoms with van der Waals surface area (Å²) in [5, 5.41) is 17.8. The average Bonchev–Trinajstić information content (AvgIpc) is 2.88. The largest absolute Gasteiger partial charge is 0.385 e. The van der Waals surface area contributed by atoms with Crippen LogP contribution in [0.2, 0.25) is 0 Å². The molecule has 2 atom stereocenters. The van der Waals surface area contributed by atoms with Crippen LogP contribution in [0.3, 0.4) is 0 Å². The standard InChI is InChI=1S/C11H19N3O/c1-8(2)14-10(5-7-13-14)11(15)9-4-3-6-12-9/h5,7-9,11-12,15H,3-4,6H2,1-2H3. The van der Waals surface area contributed by atoms with E-state index in [1.54, 1.807) is 6.20 Å². The zero-order valence-electron chi connectivity index (χ0n) is 9.35. The second-order valence-corrected chi connectivity index (χ2v) is 4.44. The predicted octanol–water partition coefficient (Wildman–Crippen LogP) is 1.25. The Morgan fingerprint density at radius 1 is 1.60 bits per heavy atom. The summed E-state index contributed by atoms with van der Waals surface area (Å²) in [7, 11) is 0. The fourth-order valence-corrected chi connectivity index (χ4v) is 2.18. The van der Waals surface area contributed by atoms with Gasteiger partial charge in [0.25, 0.3) is 0 Å². The smallest absolute Gasteiger partial charge is 0.111 e. The van der Waals surface area contributed by atoms with Gasteiger partial charge in [0.05, 0.1) is 5.69 Å². The van der Waals surface area contributed by atoms with Gasteiger partial charge < -0.3 is 10.4 Å². The van der Waals surface area contributed by atoms with Gasteiger partial charge in [-0.05, 0) is 39.3 Å². The Bertz CT molecular complexity index is 315. The Balaban J connectivity index is 2.16. The molecule has 2 heterocycles. The highest BCUT2D eigenvalue weighted by Crippen LogP contribution is 2.24. The molecular weight excluding hydrogens is 190 g/mol. The SMILES string of the molecule is CC(C)n1nccc1C(O)C1CCCN1. The van der Waals surface area contributed by atoms with Gasteiger partial charge in [-0.1, -0.05) is 0 Å². The summed E-state index contributed by atoms with van der Waals surface area (Å²) < 4.78 is 1.89. The fraction of sp³-hybridized carbons (Fsp3) is 0.727.